The van der Waals surface area contributed by atoms with Crippen LogP contribution < -0.4 is 5.32 Å². The van der Waals surface area contributed by atoms with Gasteiger partial charge in [0, 0.05) is 24.2 Å². The Hall–Kier alpha value is -1.70. The summed E-state index contributed by atoms with van der Waals surface area (Å²) >= 11 is 7.77. The SMILES string of the molecule is Cl.Cl.O=C(NC1CCN(CCCc2ccccc2Cl)CC1)C1=Cc2cnc3cccc(n23)S1. The zero-order valence-corrected chi connectivity index (χ0v) is 21.3. The maximum Gasteiger partial charge on any atom is 0.258 e. The highest BCUT2D eigenvalue weighted by Gasteiger charge is 2.24. The van der Waals surface area contributed by atoms with Gasteiger partial charge in [0.2, 0.25) is 0 Å². The summed E-state index contributed by atoms with van der Waals surface area (Å²) in [4.78, 5) is 20.6. The van der Waals surface area contributed by atoms with E-state index in [0.717, 1.165) is 71.6 Å². The van der Waals surface area contributed by atoms with Gasteiger partial charge < -0.3 is 10.2 Å². The molecule has 0 aliphatic carbocycles. The van der Waals surface area contributed by atoms with Crippen molar-refractivity contribution in [2.75, 3.05) is 19.6 Å². The zero-order chi connectivity index (χ0) is 21.2. The fourth-order valence-corrected chi connectivity index (χ4v) is 5.57. The molecule has 5 nitrogen and oxygen atoms in total. The van der Waals surface area contributed by atoms with Crippen molar-refractivity contribution in [1.29, 1.82) is 0 Å². The van der Waals surface area contributed by atoms with Gasteiger partial charge in [0.25, 0.3) is 5.91 Å². The van der Waals surface area contributed by atoms with Gasteiger partial charge >= 0.3 is 0 Å². The van der Waals surface area contributed by atoms with E-state index in [1.807, 2.05) is 48.7 Å². The fourth-order valence-electron chi connectivity index (χ4n) is 4.35. The van der Waals surface area contributed by atoms with E-state index in [2.05, 4.69) is 25.7 Å². The monoisotopic (exact) mass is 524 g/mol. The summed E-state index contributed by atoms with van der Waals surface area (Å²) in [5.41, 5.74) is 3.10. The molecule has 176 valence electrons. The van der Waals surface area contributed by atoms with Gasteiger partial charge in [-0.2, -0.15) is 0 Å². The summed E-state index contributed by atoms with van der Waals surface area (Å²) in [6.45, 7) is 3.11. The van der Waals surface area contributed by atoms with Crippen LogP contribution in [0.5, 0.6) is 0 Å². The van der Waals surface area contributed by atoms with Gasteiger partial charge in [0.05, 0.1) is 21.8 Å². The number of likely N-dealkylation sites (tertiary alicyclic amines) is 1. The highest BCUT2D eigenvalue weighted by Crippen LogP contribution is 2.34. The van der Waals surface area contributed by atoms with E-state index in [4.69, 9.17) is 11.6 Å². The second-order valence-corrected chi connectivity index (χ2v) is 9.61. The second-order valence-electron chi connectivity index (χ2n) is 8.14. The Morgan fingerprint density at radius 3 is 2.70 bits per heavy atom. The van der Waals surface area contributed by atoms with Crippen LogP contribution in [0.3, 0.4) is 0 Å². The molecule has 0 bridgehead atoms. The predicted molar refractivity (Wildman–Crippen MR) is 141 cm³/mol. The molecule has 0 saturated carbocycles. The van der Waals surface area contributed by atoms with Crippen LogP contribution in [0, 0.1) is 0 Å². The summed E-state index contributed by atoms with van der Waals surface area (Å²) in [5, 5.41) is 5.14. The molecule has 1 saturated heterocycles. The van der Waals surface area contributed by atoms with Crippen LogP contribution in [-0.4, -0.2) is 45.9 Å². The second kappa shape index (κ2) is 11.6. The molecule has 1 aromatic carbocycles. The minimum Gasteiger partial charge on any atom is -0.349 e. The van der Waals surface area contributed by atoms with Gasteiger partial charge in [-0.3, -0.25) is 9.20 Å². The van der Waals surface area contributed by atoms with Crippen LogP contribution in [0.2, 0.25) is 5.02 Å². The number of benzene rings is 1. The normalized spacial score (nSPS) is 16.0. The number of aryl methyl sites for hydroxylation is 1. The lowest BCUT2D eigenvalue weighted by Gasteiger charge is -2.32. The van der Waals surface area contributed by atoms with E-state index in [9.17, 15) is 4.79 Å². The number of carbonyl (C=O) groups is 1. The molecule has 1 amide bonds. The summed E-state index contributed by atoms with van der Waals surface area (Å²) in [6.07, 6.45) is 7.85. The molecule has 0 atom stereocenters. The van der Waals surface area contributed by atoms with Crippen molar-refractivity contribution in [2.45, 2.75) is 36.8 Å². The van der Waals surface area contributed by atoms with E-state index in [-0.39, 0.29) is 36.8 Å². The first kappa shape index (κ1) is 25.9. The molecular weight excluding hydrogens is 499 g/mol. The average Bonchev–Trinajstić information content (AvgIpc) is 3.21. The lowest BCUT2D eigenvalue weighted by molar-refractivity contribution is -0.117. The van der Waals surface area contributed by atoms with E-state index in [1.54, 1.807) is 0 Å². The minimum absolute atomic E-state index is 0. The molecule has 0 spiro atoms. The van der Waals surface area contributed by atoms with Crippen molar-refractivity contribution in [3.63, 3.8) is 0 Å². The highest BCUT2D eigenvalue weighted by molar-refractivity contribution is 8.04. The number of aromatic nitrogens is 2. The first-order valence-electron chi connectivity index (χ1n) is 10.8. The highest BCUT2D eigenvalue weighted by atomic mass is 35.5. The number of pyridine rings is 1. The fraction of sp³-hybridized carbons (Fsp3) is 0.333. The first-order chi connectivity index (χ1) is 15.2. The number of imidazole rings is 1. The van der Waals surface area contributed by atoms with Crippen LogP contribution in [-0.2, 0) is 11.2 Å². The maximum atomic E-state index is 12.9. The molecule has 2 aromatic heterocycles. The summed E-state index contributed by atoms with van der Waals surface area (Å²) in [5.74, 6) is 0.0200. The number of halogens is 3. The predicted octanol–water partition coefficient (Wildman–Crippen LogP) is 5.49. The van der Waals surface area contributed by atoms with Gasteiger partial charge in [0.15, 0.2) is 0 Å². The Morgan fingerprint density at radius 1 is 1.12 bits per heavy atom. The van der Waals surface area contributed by atoms with Crippen LogP contribution in [0.15, 0.2) is 58.6 Å². The van der Waals surface area contributed by atoms with Crippen molar-refractivity contribution >= 4 is 65.8 Å². The molecular formula is C24H27Cl3N4OS. The summed E-state index contributed by atoms with van der Waals surface area (Å²) in [7, 11) is 0. The third kappa shape index (κ3) is 5.87. The van der Waals surface area contributed by atoms with Crippen LogP contribution >= 0.6 is 48.2 Å². The number of nitrogens with one attached hydrogen (secondary N) is 1. The van der Waals surface area contributed by atoms with E-state index < -0.39 is 0 Å². The molecule has 4 heterocycles. The van der Waals surface area contributed by atoms with Crippen LogP contribution in [0.1, 0.15) is 30.5 Å². The first-order valence-corrected chi connectivity index (χ1v) is 12.0. The maximum absolute atomic E-state index is 12.9. The van der Waals surface area contributed by atoms with Crippen LogP contribution in [0.4, 0.5) is 0 Å². The van der Waals surface area contributed by atoms with Gasteiger partial charge in [-0.25, -0.2) is 4.98 Å². The molecule has 3 aromatic rings. The van der Waals surface area contributed by atoms with Crippen LogP contribution in [0.25, 0.3) is 11.7 Å². The Balaban J connectivity index is 0.00000153. The van der Waals surface area contributed by atoms with Crippen molar-refractivity contribution in [2.24, 2.45) is 0 Å². The standard InChI is InChI=1S/C24H25ClN4OS.2ClH/c25-20-7-2-1-5-17(20)6-4-12-28-13-10-18(11-14-28)27-24(30)21-15-19-16-26-22-8-3-9-23(31-21)29(19)22;;/h1-3,5,7-9,15-16,18H,4,6,10-14H2,(H,27,30);2*1H. The van der Waals surface area contributed by atoms with E-state index >= 15 is 0 Å². The van der Waals surface area contributed by atoms with Crippen molar-refractivity contribution in [3.05, 3.63) is 69.8 Å². The Kier molecular flexibility index (Phi) is 9.13. The van der Waals surface area contributed by atoms with Gasteiger partial charge in [0.1, 0.15) is 5.65 Å². The zero-order valence-electron chi connectivity index (χ0n) is 18.1. The number of piperidine rings is 1. The number of nitrogens with zero attached hydrogens (tertiary/aromatic N) is 3. The largest absolute Gasteiger partial charge is 0.349 e. The number of amides is 1. The molecule has 2 aliphatic heterocycles. The quantitative estimate of drug-likeness (QED) is 0.462. The molecule has 1 N–H and O–H groups in total. The number of thioether (sulfide) groups is 1. The molecule has 33 heavy (non-hydrogen) atoms. The third-order valence-electron chi connectivity index (χ3n) is 6.04. The molecule has 5 rings (SSSR count). The minimum atomic E-state index is 0. The summed E-state index contributed by atoms with van der Waals surface area (Å²) < 4.78 is 2.09. The van der Waals surface area contributed by atoms with Crippen molar-refractivity contribution in [1.82, 2.24) is 19.6 Å². The third-order valence-corrected chi connectivity index (χ3v) is 7.46. The Morgan fingerprint density at radius 2 is 1.91 bits per heavy atom. The smallest absolute Gasteiger partial charge is 0.258 e. The number of rotatable bonds is 6. The van der Waals surface area contributed by atoms with Gasteiger partial charge in [-0.15, -0.1) is 24.8 Å². The van der Waals surface area contributed by atoms with E-state index in [0.29, 0.717) is 0 Å². The number of hydrogen-bond donors (Lipinski definition) is 1. The number of hydrogen-bond acceptors (Lipinski definition) is 4. The van der Waals surface area contributed by atoms with Crippen molar-refractivity contribution < 1.29 is 4.79 Å². The molecule has 1 fully saturated rings. The summed E-state index contributed by atoms with van der Waals surface area (Å²) in [6, 6.07) is 14.3. The van der Waals surface area contributed by atoms with Crippen molar-refractivity contribution in [3.8, 4) is 0 Å². The van der Waals surface area contributed by atoms with E-state index in [1.165, 1.54) is 17.3 Å². The Bertz CT molecular complexity index is 1140. The van der Waals surface area contributed by atoms with Gasteiger partial charge in [-0.05, 0) is 62.1 Å². The Labute approximate surface area is 215 Å². The average molecular weight is 526 g/mol. The number of carbonyl (C=O) groups excluding carboxylic acids is 1. The molecule has 0 unspecified atom stereocenters. The topological polar surface area (TPSA) is 49.6 Å². The molecule has 2 aliphatic rings. The molecule has 9 heteroatoms. The lowest BCUT2D eigenvalue weighted by atomic mass is 10.0. The lowest BCUT2D eigenvalue weighted by Crippen LogP contribution is -2.45. The van der Waals surface area contributed by atoms with Gasteiger partial charge in [-0.1, -0.05) is 47.6 Å². The molecule has 0 radical (unpaired) electrons.